The smallest absolute Gasteiger partial charge is 0.338 e. The molecule has 4 aromatic rings. The number of carbonyl (C=O) groups excluding carboxylic acids is 2. The molecule has 2 atom stereocenters. The van der Waals surface area contributed by atoms with Crippen molar-refractivity contribution in [1.29, 1.82) is 0 Å². The minimum absolute atomic E-state index is 0.0608. The molecule has 0 aromatic heterocycles. The van der Waals surface area contributed by atoms with Crippen LogP contribution in [0.25, 0.3) is 0 Å². The van der Waals surface area contributed by atoms with Crippen molar-refractivity contribution < 1.29 is 14.3 Å². The molecule has 0 bridgehead atoms. The second-order valence-corrected chi connectivity index (χ2v) is 12.4. The second kappa shape index (κ2) is 12.7. The number of amides is 1. The molecule has 2 unspecified atom stereocenters. The molecular weight excluding hydrogens is 556 g/mol. The van der Waals surface area contributed by atoms with Gasteiger partial charge in [-0.3, -0.25) is 9.79 Å². The molecule has 1 amide bonds. The molecule has 0 fully saturated rings. The van der Waals surface area contributed by atoms with Crippen molar-refractivity contribution in [2.24, 2.45) is 4.99 Å². The maximum atomic E-state index is 13.7. The van der Waals surface area contributed by atoms with E-state index in [1.807, 2.05) is 96.8 Å². The second-order valence-electron chi connectivity index (χ2n) is 12.4. The number of nitrogens with zero attached hydrogens (tertiary/aromatic N) is 2. The normalized spacial score (nSPS) is 19.8. The molecule has 1 heterocycles. The Morgan fingerprint density at radius 1 is 0.889 bits per heavy atom. The molecule has 1 aliphatic carbocycles. The highest BCUT2D eigenvalue weighted by Gasteiger charge is 2.46. The van der Waals surface area contributed by atoms with Gasteiger partial charge >= 0.3 is 5.97 Å². The van der Waals surface area contributed by atoms with Gasteiger partial charge in [0, 0.05) is 29.2 Å². The van der Waals surface area contributed by atoms with Crippen LogP contribution >= 0.6 is 0 Å². The monoisotopic (exact) mass is 596 g/mol. The van der Waals surface area contributed by atoms with Crippen LogP contribution in [0, 0.1) is 0 Å². The molecule has 2 aliphatic rings. The van der Waals surface area contributed by atoms with Gasteiger partial charge in [-0.15, -0.1) is 0 Å². The van der Waals surface area contributed by atoms with Gasteiger partial charge in [0.25, 0.3) is 5.91 Å². The molecule has 4 aromatic carbocycles. The molecule has 0 N–H and O–H groups in total. The van der Waals surface area contributed by atoms with Gasteiger partial charge in [0.2, 0.25) is 0 Å². The van der Waals surface area contributed by atoms with Gasteiger partial charge in [0.15, 0.2) is 5.54 Å². The largest absolute Gasteiger partial charge is 0.464 e. The Morgan fingerprint density at radius 2 is 1.51 bits per heavy atom. The average Bonchev–Trinajstić information content (AvgIpc) is 3.59. The summed E-state index contributed by atoms with van der Waals surface area (Å²) < 4.78 is 5.64. The van der Waals surface area contributed by atoms with E-state index in [1.54, 1.807) is 0 Å². The van der Waals surface area contributed by atoms with E-state index in [0.29, 0.717) is 13.0 Å². The third-order valence-electron chi connectivity index (χ3n) is 9.14. The summed E-state index contributed by atoms with van der Waals surface area (Å²) in [7, 11) is 0. The number of esters is 1. The van der Waals surface area contributed by atoms with Crippen LogP contribution in [0.5, 0.6) is 0 Å². The fourth-order valence-electron chi connectivity index (χ4n) is 6.70. The lowest BCUT2D eigenvalue weighted by Crippen LogP contribution is -2.39. The van der Waals surface area contributed by atoms with E-state index >= 15 is 0 Å². The van der Waals surface area contributed by atoms with Crippen LogP contribution in [0.2, 0.25) is 0 Å². The lowest BCUT2D eigenvalue weighted by molar-refractivity contribution is -0.147. The lowest BCUT2D eigenvalue weighted by Gasteiger charge is -2.33. The Morgan fingerprint density at radius 3 is 2.13 bits per heavy atom. The van der Waals surface area contributed by atoms with Crippen molar-refractivity contribution >= 4 is 17.6 Å². The number of aryl methyl sites for hydroxylation is 1. The van der Waals surface area contributed by atoms with Gasteiger partial charge in [-0.2, -0.15) is 0 Å². The number of benzene rings is 4. The highest BCUT2D eigenvalue weighted by atomic mass is 16.5. The summed E-state index contributed by atoms with van der Waals surface area (Å²) in [4.78, 5) is 34.5. The third kappa shape index (κ3) is 6.00. The summed E-state index contributed by atoms with van der Waals surface area (Å²) in [6.07, 6.45) is 6.28. The van der Waals surface area contributed by atoms with Crippen LogP contribution in [0.3, 0.4) is 0 Å². The van der Waals surface area contributed by atoms with Gasteiger partial charge in [-0.1, -0.05) is 109 Å². The predicted molar refractivity (Wildman–Crippen MR) is 180 cm³/mol. The minimum atomic E-state index is -1.17. The van der Waals surface area contributed by atoms with Gasteiger partial charge in [-0.25, -0.2) is 4.79 Å². The number of allylic oxidation sites excluding steroid dienone is 1. The van der Waals surface area contributed by atoms with Gasteiger partial charge in [-0.05, 0) is 68.9 Å². The van der Waals surface area contributed by atoms with Gasteiger partial charge in [0.05, 0.1) is 17.9 Å². The molecule has 0 spiro atoms. The number of aliphatic imine (C=N–C) groups is 1. The summed E-state index contributed by atoms with van der Waals surface area (Å²) in [5, 5.41) is 0. The first-order chi connectivity index (χ1) is 21.8. The van der Waals surface area contributed by atoms with Crippen molar-refractivity contribution in [3.63, 3.8) is 0 Å². The Hall–Kier alpha value is -4.77. The fourth-order valence-corrected chi connectivity index (χ4v) is 6.70. The summed E-state index contributed by atoms with van der Waals surface area (Å²) in [6.45, 7) is 7.05. The van der Waals surface area contributed by atoms with Crippen LogP contribution in [0.15, 0.2) is 126 Å². The zero-order valence-electron chi connectivity index (χ0n) is 26.3. The summed E-state index contributed by atoms with van der Waals surface area (Å²) >= 11 is 0. The third-order valence-corrected chi connectivity index (χ3v) is 9.14. The Kier molecular flexibility index (Phi) is 8.53. The quantitative estimate of drug-likeness (QED) is 0.106. The number of hydrogen-bond donors (Lipinski definition) is 0. The fraction of sp³-hybridized carbons (Fsp3) is 0.275. The maximum absolute atomic E-state index is 13.7. The average molecular weight is 597 g/mol. The van der Waals surface area contributed by atoms with Crippen LogP contribution in [-0.2, 0) is 21.5 Å². The van der Waals surface area contributed by atoms with Gasteiger partial charge in [0.1, 0.15) is 0 Å². The molecule has 6 rings (SSSR count). The van der Waals surface area contributed by atoms with Crippen LogP contribution in [0.4, 0.5) is 0 Å². The highest BCUT2D eigenvalue weighted by molar-refractivity contribution is 6.14. The van der Waals surface area contributed by atoms with Crippen LogP contribution in [-0.4, -0.2) is 41.2 Å². The standard InChI is InChI=1S/C40H40N2O3/c1-4-45-38(44)40(41-36(30-18-10-6-11-19-30)31-20-12-7-13-21-31)25-24-33(28-40)32-22-23-34-35(27-32)39(2,3)42(37(34)43)26-14-17-29-15-8-5-9-16-29/h5-13,15-16,18-25,27,33H,4,14,17,26,28H2,1-3H3. The van der Waals surface area contributed by atoms with Crippen LogP contribution < -0.4 is 0 Å². The van der Waals surface area contributed by atoms with Crippen molar-refractivity contribution in [3.05, 3.63) is 155 Å². The maximum Gasteiger partial charge on any atom is 0.338 e. The van der Waals surface area contributed by atoms with E-state index in [0.717, 1.165) is 46.4 Å². The first kappa shape index (κ1) is 30.3. The molecular formula is C40H40N2O3. The number of carbonyl (C=O) groups is 2. The Balaban J connectivity index is 1.29. The Labute approximate surface area is 266 Å². The number of hydrogen-bond acceptors (Lipinski definition) is 4. The Bertz CT molecular complexity index is 1690. The molecule has 45 heavy (non-hydrogen) atoms. The van der Waals surface area contributed by atoms with E-state index in [2.05, 4.69) is 50.3 Å². The summed E-state index contributed by atoms with van der Waals surface area (Å²) in [6, 6.07) is 36.5. The first-order valence-electron chi connectivity index (χ1n) is 15.9. The number of ether oxygens (including phenoxy) is 1. The molecule has 1 aliphatic heterocycles. The molecule has 5 nitrogen and oxygen atoms in total. The minimum Gasteiger partial charge on any atom is -0.464 e. The van der Waals surface area contributed by atoms with E-state index in [4.69, 9.17) is 9.73 Å². The number of rotatable bonds is 10. The van der Waals surface area contributed by atoms with E-state index in [9.17, 15) is 9.59 Å². The molecule has 0 saturated heterocycles. The van der Waals surface area contributed by atoms with Crippen molar-refractivity contribution in [2.75, 3.05) is 13.2 Å². The lowest BCUT2D eigenvalue weighted by atomic mass is 9.86. The van der Waals surface area contributed by atoms with Crippen molar-refractivity contribution in [3.8, 4) is 0 Å². The van der Waals surface area contributed by atoms with E-state index in [1.165, 1.54) is 5.56 Å². The van der Waals surface area contributed by atoms with Gasteiger partial charge < -0.3 is 9.64 Å². The predicted octanol–water partition coefficient (Wildman–Crippen LogP) is 7.89. The molecule has 5 heteroatoms. The zero-order valence-corrected chi connectivity index (χ0v) is 26.3. The summed E-state index contributed by atoms with van der Waals surface area (Å²) in [5.41, 5.74) is 5.16. The molecule has 228 valence electrons. The van der Waals surface area contributed by atoms with Crippen molar-refractivity contribution in [1.82, 2.24) is 4.90 Å². The zero-order chi connectivity index (χ0) is 31.4. The van der Waals surface area contributed by atoms with E-state index in [-0.39, 0.29) is 24.4 Å². The van der Waals surface area contributed by atoms with Crippen molar-refractivity contribution in [2.45, 2.75) is 57.0 Å². The number of fused-ring (bicyclic) bond motifs is 1. The van der Waals surface area contributed by atoms with E-state index < -0.39 is 11.1 Å². The topological polar surface area (TPSA) is 59.0 Å². The first-order valence-corrected chi connectivity index (χ1v) is 15.9. The SMILES string of the molecule is CCOC(=O)C1(N=C(c2ccccc2)c2ccccc2)C=CC(c2ccc3c(c2)C(C)(C)N(CCCc2ccccc2)C3=O)C1. The highest BCUT2D eigenvalue weighted by Crippen LogP contribution is 2.44. The van der Waals surface area contributed by atoms with Crippen LogP contribution in [0.1, 0.15) is 77.7 Å². The molecule has 0 saturated carbocycles. The molecule has 0 radical (unpaired) electrons. The summed E-state index contributed by atoms with van der Waals surface area (Å²) in [5.74, 6) is -0.332.